The van der Waals surface area contributed by atoms with Gasteiger partial charge in [-0.3, -0.25) is 14.5 Å². The summed E-state index contributed by atoms with van der Waals surface area (Å²) in [6, 6.07) is 7.56. The van der Waals surface area contributed by atoms with Crippen LogP contribution in [-0.2, 0) is 9.53 Å². The predicted octanol–water partition coefficient (Wildman–Crippen LogP) is 4.87. The molecule has 2 aromatic heterocycles. The molecule has 1 unspecified atom stereocenters. The van der Waals surface area contributed by atoms with Crippen LogP contribution in [0.25, 0.3) is 11.1 Å². The summed E-state index contributed by atoms with van der Waals surface area (Å²) in [5, 5.41) is 4.42. The summed E-state index contributed by atoms with van der Waals surface area (Å²) >= 11 is 3.37. The van der Waals surface area contributed by atoms with Gasteiger partial charge in [-0.1, -0.05) is 6.07 Å². The SMILES string of the molecule is CN(C)C(=O)CC(c1ccc(Br)cn1)n1cc(-c2ccc(C(=O)OC(C)(C)C)c(F)c2)cn1. The van der Waals surface area contributed by atoms with Gasteiger partial charge in [0.1, 0.15) is 17.5 Å². The summed E-state index contributed by atoms with van der Waals surface area (Å²) < 4.78 is 22.4. The first-order valence-corrected chi connectivity index (χ1v) is 11.1. The highest BCUT2D eigenvalue weighted by molar-refractivity contribution is 9.10. The third-order valence-corrected chi connectivity index (χ3v) is 5.27. The molecule has 0 aliphatic heterocycles. The lowest BCUT2D eigenvalue weighted by molar-refractivity contribution is -0.129. The molecule has 0 fully saturated rings. The fourth-order valence-corrected chi connectivity index (χ4v) is 3.35. The van der Waals surface area contributed by atoms with Gasteiger partial charge in [-0.15, -0.1) is 0 Å². The highest BCUT2D eigenvalue weighted by atomic mass is 79.9. The Morgan fingerprint density at radius 1 is 1.15 bits per heavy atom. The summed E-state index contributed by atoms with van der Waals surface area (Å²) in [7, 11) is 3.38. The lowest BCUT2D eigenvalue weighted by Gasteiger charge is -2.19. The van der Waals surface area contributed by atoms with Gasteiger partial charge in [0, 0.05) is 36.5 Å². The first kappa shape index (κ1) is 24.6. The number of carbonyl (C=O) groups excluding carboxylic acids is 2. The minimum absolute atomic E-state index is 0.0745. The summed E-state index contributed by atoms with van der Waals surface area (Å²) in [6.07, 6.45) is 5.15. The van der Waals surface area contributed by atoms with Gasteiger partial charge in [-0.25, -0.2) is 9.18 Å². The van der Waals surface area contributed by atoms with E-state index in [4.69, 9.17) is 4.74 Å². The Balaban J connectivity index is 1.91. The molecule has 0 aliphatic rings. The van der Waals surface area contributed by atoms with Crippen molar-refractivity contribution >= 4 is 27.8 Å². The first-order valence-electron chi connectivity index (χ1n) is 10.3. The van der Waals surface area contributed by atoms with E-state index in [1.807, 2.05) is 12.1 Å². The van der Waals surface area contributed by atoms with Crippen molar-refractivity contribution in [2.75, 3.05) is 14.1 Å². The predicted molar refractivity (Wildman–Crippen MR) is 126 cm³/mol. The van der Waals surface area contributed by atoms with Gasteiger partial charge in [0.25, 0.3) is 0 Å². The zero-order chi connectivity index (χ0) is 24.3. The molecule has 9 heteroatoms. The Kier molecular flexibility index (Phi) is 7.31. The number of halogens is 2. The van der Waals surface area contributed by atoms with E-state index in [1.165, 1.54) is 17.0 Å². The van der Waals surface area contributed by atoms with Crippen LogP contribution >= 0.6 is 15.9 Å². The number of esters is 1. The maximum atomic E-state index is 14.7. The van der Waals surface area contributed by atoms with Crippen LogP contribution in [0.3, 0.4) is 0 Å². The fourth-order valence-electron chi connectivity index (χ4n) is 3.12. The van der Waals surface area contributed by atoms with Crippen molar-refractivity contribution in [3.63, 3.8) is 0 Å². The number of carbonyl (C=O) groups is 2. The molecule has 1 aromatic carbocycles. The van der Waals surface area contributed by atoms with Gasteiger partial charge in [0.15, 0.2) is 0 Å². The zero-order valence-electron chi connectivity index (χ0n) is 19.2. The Labute approximate surface area is 200 Å². The lowest BCUT2D eigenvalue weighted by Crippen LogP contribution is -2.26. The minimum atomic E-state index is -0.719. The van der Waals surface area contributed by atoms with Crippen LogP contribution in [0.5, 0.6) is 0 Å². The number of hydrogen-bond acceptors (Lipinski definition) is 5. The first-order chi connectivity index (χ1) is 15.4. The van der Waals surface area contributed by atoms with Crippen molar-refractivity contribution < 1.29 is 18.7 Å². The molecule has 174 valence electrons. The maximum Gasteiger partial charge on any atom is 0.341 e. The number of aromatic nitrogens is 3. The number of ether oxygens (including phenoxy) is 1. The lowest BCUT2D eigenvalue weighted by atomic mass is 10.1. The van der Waals surface area contributed by atoms with Crippen LogP contribution in [0, 0.1) is 5.82 Å². The molecule has 0 radical (unpaired) electrons. The molecular formula is C24H26BrFN4O3. The standard InChI is InChI=1S/C24H26BrFN4O3/c1-24(2,3)33-23(32)18-8-6-15(10-19(18)26)16-12-28-30(14-16)21(11-22(31)29(4)5)20-9-7-17(25)13-27-20/h6-10,12-14,21H,11H2,1-5H3. The minimum Gasteiger partial charge on any atom is -0.456 e. The molecule has 2 heterocycles. The van der Waals surface area contributed by atoms with Crippen LogP contribution in [0.4, 0.5) is 4.39 Å². The molecule has 33 heavy (non-hydrogen) atoms. The van der Waals surface area contributed by atoms with Crippen LogP contribution < -0.4 is 0 Å². The number of rotatable bonds is 6. The van der Waals surface area contributed by atoms with Crippen molar-refractivity contribution in [3.8, 4) is 11.1 Å². The van der Waals surface area contributed by atoms with E-state index in [-0.39, 0.29) is 17.9 Å². The summed E-state index contributed by atoms with van der Waals surface area (Å²) in [4.78, 5) is 30.6. The second-order valence-electron chi connectivity index (χ2n) is 8.81. The second kappa shape index (κ2) is 9.82. The number of benzene rings is 1. The summed E-state index contributed by atoms with van der Waals surface area (Å²) in [5.74, 6) is -1.47. The van der Waals surface area contributed by atoms with Gasteiger partial charge in [-0.2, -0.15) is 5.10 Å². The third kappa shape index (κ3) is 6.25. The molecule has 0 bridgehead atoms. The molecule has 1 amide bonds. The number of amides is 1. The average molecular weight is 517 g/mol. The van der Waals surface area contributed by atoms with Gasteiger partial charge in [0.05, 0.1) is 23.9 Å². The quantitative estimate of drug-likeness (QED) is 0.436. The van der Waals surface area contributed by atoms with E-state index in [1.54, 1.807) is 64.2 Å². The molecule has 1 atom stereocenters. The fraction of sp³-hybridized carbons (Fsp3) is 0.333. The van der Waals surface area contributed by atoms with E-state index in [0.717, 1.165) is 4.47 Å². The van der Waals surface area contributed by atoms with Gasteiger partial charge >= 0.3 is 5.97 Å². The van der Waals surface area contributed by atoms with Crippen molar-refractivity contribution in [1.29, 1.82) is 0 Å². The van der Waals surface area contributed by atoms with Crippen LogP contribution in [0.15, 0.2) is 53.4 Å². The molecule has 0 saturated heterocycles. The van der Waals surface area contributed by atoms with E-state index in [9.17, 15) is 14.0 Å². The van der Waals surface area contributed by atoms with Gasteiger partial charge < -0.3 is 9.64 Å². The smallest absolute Gasteiger partial charge is 0.341 e. The molecule has 0 aliphatic carbocycles. The topological polar surface area (TPSA) is 77.3 Å². The number of hydrogen-bond donors (Lipinski definition) is 0. The normalized spacial score (nSPS) is 12.3. The highest BCUT2D eigenvalue weighted by Crippen LogP contribution is 2.27. The van der Waals surface area contributed by atoms with Crippen molar-refractivity contribution in [3.05, 3.63) is 70.5 Å². The zero-order valence-corrected chi connectivity index (χ0v) is 20.8. The van der Waals surface area contributed by atoms with E-state index >= 15 is 0 Å². The van der Waals surface area contributed by atoms with E-state index in [0.29, 0.717) is 16.8 Å². The monoisotopic (exact) mass is 516 g/mol. The Bertz CT molecular complexity index is 1150. The van der Waals surface area contributed by atoms with Crippen LogP contribution in [0.1, 0.15) is 49.3 Å². The Morgan fingerprint density at radius 2 is 1.88 bits per heavy atom. The number of pyridine rings is 1. The molecule has 3 aromatic rings. The molecule has 7 nitrogen and oxygen atoms in total. The van der Waals surface area contributed by atoms with Gasteiger partial charge in [-0.05, 0) is 66.5 Å². The maximum absolute atomic E-state index is 14.7. The molecule has 0 N–H and O–H groups in total. The number of nitrogens with zero attached hydrogens (tertiary/aromatic N) is 4. The molecule has 0 saturated carbocycles. The highest BCUT2D eigenvalue weighted by Gasteiger charge is 2.23. The van der Waals surface area contributed by atoms with Crippen molar-refractivity contribution in [1.82, 2.24) is 19.7 Å². The average Bonchev–Trinajstić information content (AvgIpc) is 3.21. The van der Waals surface area contributed by atoms with Crippen LogP contribution in [-0.4, -0.2) is 51.2 Å². The molecule has 0 spiro atoms. The third-order valence-electron chi connectivity index (χ3n) is 4.80. The largest absolute Gasteiger partial charge is 0.456 e. The van der Waals surface area contributed by atoms with Crippen molar-refractivity contribution in [2.24, 2.45) is 0 Å². The Hall–Kier alpha value is -3.07. The molecular weight excluding hydrogens is 491 g/mol. The second-order valence-corrected chi connectivity index (χ2v) is 9.73. The Morgan fingerprint density at radius 3 is 2.45 bits per heavy atom. The summed E-state index contributed by atoms with van der Waals surface area (Å²) in [5.41, 5.74) is 1.02. The van der Waals surface area contributed by atoms with E-state index in [2.05, 4.69) is 26.0 Å². The van der Waals surface area contributed by atoms with Gasteiger partial charge in [0.2, 0.25) is 5.91 Å². The molecule has 3 rings (SSSR count). The van der Waals surface area contributed by atoms with Crippen LogP contribution in [0.2, 0.25) is 0 Å². The summed E-state index contributed by atoms with van der Waals surface area (Å²) in [6.45, 7) is 5.18. The van der Waals surface area contributed by atoms with Crippen molar-refractivity contribution in [2.45, 2.75) is 38.8 Å². The van der Waals surface area contributed by atoms with E-state index < -0.39 is 23.4 Å².